The first-order valence-corrected chi connectivity index (χ1v) is 8.37. The van der Waals surface area contributed by atoms with Gasteiger partial charge in [-0.1, -0.05) is 30.3 Å². The topological polar surface area (TPSA) is 80.2 Å². The number of carbonyl (C=O) groups is 1. The van der Waals surface area contributed by atoms with Crippen LogP contribution in [0.5, 0.6) is 5.75 Å². The lowest BCUT2D eigenvalue weighted by atomic mass is 10.1. The molecule has 0 atom stereocenters. The number of rotatable bonds is 5. The Balaban J connectivity index is 1.65. The number of methoxy groups -OCH3 is 1. The van der Waals surface area contributed by atoms with Gasteiger partial charge < -0.3 is 14.5 Å². The Morgan fingerprint density at radius 3 is 2.70 bits per heavy atom. The van der Waals surface area contributed by atoms with E-state index < -0.39 is 0 Å². The molecular formula is C21H17N3O3. The molecule has 0 fully saturated rings. The third-order valence-electron chi connectivity index (χ3n) is 4.18. The summed E-state index contributed by atoms with van der Waals surface area (Å²) in [5.74, 6) is 0.439. The molecule has 6 nitrogen and oxygen atoms in total. The Morgan fingerprint density at radius 2 is 1.96 bits per heavy atom. The second-order valence-corrected chi connectivity index (χ2v) is 5.91. The van der Waals surface area contributed by atoms with Crippen LogP contribution in [0.1, 0.15) is 10.4 Å². The maximum absolute atomic E-state index is 12.2. The monoisotopic (exact) mass is 359 g/mol. The molecule has 4 aromatic rings. The van der Waals surface area contributed by atoms with Crippen LogP contribution in [0.3, 0.4) is 0 Å². The first-order chi connectivity index (χ1) is 13.2. The number of aromatic amines is 1. The zero-order valence-corrected chi connectivity index (χ0v) is 14.6. The van der Waals surface area contributed by atoms with Crippen molar-refractivity contribution in [3.8, 4) is 28.3 Å². The summed E-state index contributed by atoms with van der Waals surface area (Å²) in [4.78, 5) is 12.2. The number of hydrogen-bond acceptors (Lipinski definition) is 4. The highest BCUT2D eigenvalue weighted by Crippen LogP contribution is 2.33. The number of carbonyl (C=O) groups excluding carboxylic acids is 1. The van der Waals surface area contributed by atoms with Crippen molar-refractivity contribution in [3.63, 3.8) is 0 Å². The molecule has 1 amide bonds. The van der Waals surface area contributed by atoms with Crippen LogP contribution in [-0.4, -0.2) is 23.2 Å². The molecule has 0 saturated heterocycles. The molecule has 0 aliphatic carbocycles. The number of nitrogens with zero attached hydrogens (tertiary/aromatic N) is 1. The van der Waals surface area contributed by atoms with E-state index in [9.17, 15) is 4.79 Å². The molecule has 2 aromatic carbocycles. The number of aromatic nitrogens is 2. The number of amides is 1. The van der Waals surface area contributed by atoms with Gasteiger partial charge in [0.1, 0.15) is 12.0 Å². The van der Waals surface area contributed by atoms with E-state index in [1.54, 1.807) is 19.2 Å². The van der Waals surface area contributed by atoms with Crippen molar-refractivity contribution in [2.24, 2.45) is 0 Å². The van der Waals surface area contributed by atoms with Crippen LogP contribution in [0.2, 0.25) is 0 Å². The molecule has 134 valence electrons. The van der Waals surface area contributed by atoms with Crippen molar-refractivity contribution in [1.29, 1.82) is 0 Å². The minimum absolute atomic E-state index is 0.241. The lowest BCUT2D eigenvalue weighted by molar-refractivity contribution is 0.102. The number of ether oxygens (including phenoxy) is 1. The summed E-state index contributed by atoms with van der Waals surface area (Å²) < 4.78 is 10.4. The van der Waals surface area contributed by atoms with E-state index in [1.807, 2.05) is 48.5 Å². The molecule has 2 N–H and O–H groups in total. The molecule has 4 rings (SSSR count). The maximum Gasteiger partial charge on any atom is 0.258 e. The minimum atomic E-state index is -0.241. The van der Waals surface area contributed by atoms with E-state index in [4.69, 9.17) is 9.15 Å². The van der Waals surface area contributed by atoms with Gasteiger partial charge in [-0.05, 0) is 30.3 Å². The molecule has 0 aliphatic heterocycles. The van der Waals surface area contributed by atoms with Crippen LogP contribution in [0.25, 0.3) is 22.5 Å². The highest BCUT2D eigenvalue weighted by molar-refractivity contribution is 6.04. The lowest BCUT2D eigenvalue weighted by Gasteiger charge is -2.10. The van der Waals surface area contributed by atoms with Crippen LogP contribution in [0, 0.1) is 0 Å². The summed E-state index contributed by atoms with van der Waals surface area (Å²) in [7, 11) is 1.61. The summed E-state index contributed by atoms with van der Waals surface area (Å²) >= 11 is 0. The van der Waals surface area contributed by atoms with Gasteiger partial charge in [-0.15, -0.1) is 0 Å². The van der Waals surface area contributed by atoms with Crippen LogP contribution < -0.4 is 10.1 Å². The Labute approximate surface area is 155 Å². The van der Waals surface area contributed by atoms with Crippen molar-refractivity contribution in [2.75, 3.05) is 12.4 Å². The van der Waals surface area contributed by atoms with Gasteiger partial charge in [-0.2, -0.15) is 5.10 Å². The van der Waals surface area contributed by atoms with Crippen molar-refractivity contribution in [1.82, 2.24) is 10.2 Å². The van der Waals surface area contributed by atoms with Gasteiger partial charge in [-0.3, -0.25) is 9.89 Å². The molecule has 2 aromatic heterocycles. The lowest BCUT2D eigenvalue weighted by Crippen LogP contribution is -2.10. The Kier molecular flexibility index (Phi) is 4.45. The highest BCUT2D eigenvalue weighted by Gasteiger charge is 2.13. The molecule has 0 saturated carbocycles. The smallest absolute Gasteiger partial charge is 0.258 e. The normalized spacial score (nSPS) is 10.6. The van der Waals surface area contributed by atoms with Crippen molar-refractivity contribution in [3.05, 3.63) is 78.8 Å². The van der Waals surface area contributed by atoms with Gasteiger partial charge in [0.15, 0.2) is 0 Å². The SMILES string of the molecule is COc1ccc(NC(=O)c2ccoc2)cc1-c1cc(-c2ccccc2)n[nH]1. The molecule has 27 heavy (non-hydrogen) atoms. The van der Waals surface area contributed by atoms with Gasteiger partial charge in [-0.25, -0.2) is 0 Å². The molecule has 0 spiro atoms. The number of furan rings is 1. The fourth-order valence-electron chi connectivity index (χ4n) is 2.81. The zero-order chi connectivity index (χ0) is 18.6. The Morgan fingerprint density at radius 1 is 1.11 bits per heavy atom. The average Bonchev–Trinajstić information content (AvgIpc) is 3.41. The average molecular weight is 359 g/mol. The fourth-order valence-corrected chi connectivity index (χ4v) is 2.81. The molecular weight excluding hydrogens is 342 g/mol. The summed E-state index contributed by atoms with van der Waals surface area (Å²) in [6.45, 7) is 0. The third-order valence-corrected chi connectivity index (χ3v) is 4.18. The van der Waals surface area contributed by atoms with Gasteiger partial charge in [0.25, 0.3) is 5.91 Å². The number of H-pyrrole nitrogens is 1. The van der Waals surface area contributed by atoms with Crippen molar-refractivity contribution < 1.29 is 13.9 Å². The third kappa shape index (κ3) is 3.46. The Hall–Kier alpha value is -3.80. The standard InChI is InChI=1S/C21H17N3O3/c1-26-20-8-7-16(22-21(25)15-9-10-27-13-15)11-17(20)19-12-18(23-24-19)14-5-3-2-4-6-14/h2-13H,1H3,(H,22,25)(H,23,24). The first-order valence-electron chi connectivity index (χ1n) is 8.37. The van der Waals surface area contributed by atoms with Crippen molar-refractivity contribution >= 4 is 11.6 Å². The van der Waals surface area contributed by atoms with E-state index in [-0.39, 0.29) is 5.91 Å². The number of anilines is 1. The fraction of sp³-hybridized carbons (Fsp3) is 0.0476. The van der Waals surface area contributed by atoms with Gasteiger partial charge in [0, 0.05) is 16.8 Å². The van der Waals surface area contributed by atoms with Gasteiger partial charge >= 0.3 is 0 Å². The second kappa shape index (κ2) is 7.21. The van der Waals surface area contributed by atoms with Crippen LogP contribution in [0.15, 0.2) is 77.6 Å². The van der Waals surface area contributed by atoms with Crippen LogP contribution >= 0.6 is 0 Å². The van der Waals surface area contributed by atoms with Gasteiger partial charge in [0.05, 0.1) is 30.3 Å². The van der Waals surface area contributed by atoms with E-state index in [0.717, 1.165) is 22.5 Å². The zero-order valence-electron chi connectivity index (χ0n) is 14.6. The molecule has 2 heterocycles. The molecule has 0 aliphatic rings. The predicted octanol–water partition coefficient (Wildman–Crippen LogP) is 4.60. The number of benzene rings is 2. The summed E-state index contributed by atoms with van der Waals surface area (Å²) in [5.41, 5.74) is 4.55. The van der Waals surface area contributed by atoms with E-state index >= 15 is 0 Å². The van der Waals surface area contributed by atoms with E-state index in [2.05, 4.69) is 15.5 Å². The summed E-state index contributed by atoms with van der Waals surface area (Å²) in [6.07, 6.45) is 2.87. The van der Waals surface area contributed by atoms with E-state index in [1.165, 1.54) is 12.5 Å². The first kappa shape index (κ1) is 16.7. The summed E-state index contributed by atoms with van der Waals surface area (Å²) in [6, 6.07) is 18.9. The highest BCUT2D eigenvalue weighted by atomic mass is 16.5. The molecule has 0 bridgehead atoms. The van der Waals surface area contributed by atoms with E-state index in [0.29, 0.717) is 17.0 Å². The Bertz CT molecular complexity index is 1050. The second-order valence-electron chi connectivity index (χ2n) is 5.91. The maximum atomic E-state index is 12.2. The number of hydrogen-bond donors (Lipinski definition) is 2. The molecule has 0 radical (unpaired) electrons. The quantitative estimate of drug-likeness (QED) is 0.546. The molecule has 6 heteroatoms. The summed E-state index contributed by atoms with van der Waals surface area (Å²) in [5, 5.41) is 10.3. The van der Waals surface area contributed by atoms with Crippen LogP contribution in [0.4, 0.5) is 5.69 Å². The molecule has 0 unspecified atom stereocenters. The van der Waals surface area contributed by atoms with Gasteiger partial charge in [0.2, 0.25) is 0 Å². The van der Waals surface area contributed by atoms with Crippen LogP contribution in [-0.2, 0) is 0 Å². The predicted molar refractivity (Wildman–Crippen MR) is 103 cm³/mol. The minimum Gasteiger partial charge on any atom is -0.496 e. The number of nitrogens with one attached hydrogen (secondary N) is 2. The van der Waals surface area contributed by atoms with Crippen molar-refractivity contribution in [2.45, 2.75) is 0 Å². The largest absolute Gasteiger partial charge is 0.496 e.